The Bertz CT molecular complexity index is 379. The summed E-state index contributed by atoms with van der Waals surface area (Å²) in [6, 6.07) is 9.14. The average molecular weight is 245 g/mol. The number of para-hydroxylation sites is 1. The number of hydrogen-bond acceptors (Lipinski definition) is 2. The molecule has 3 atom stereocenters. The molecule has 0 bridgehead atoms. The monoisotopic (exact) mass is 245 g/mol. The molecule has 2 nitrogen and oxygen atoms in total. The van der Waals surface area contributed by atoms with Gasteiger partial charge in [0.25, 0.3) is 0 Å². The predicted molar refractivity (Wildman–Crippen MR) is 74.0 cm³/mol. The summed E-state index contributed by atoms with van der Waals surface area (Å²) in [7, 11) is 0. The van der Waals surface area contributed by atoms with E-state index in [1.165, 1.54) is 31.2 Å². The van der Waals surface area contributed by atoms with E-state index in [4.69, 9.17) is 4.74 Å². The topological polar surface area (TPSA) is 21.3 Å². The highest BCUT2D eigenvalue weighted by Crippen LogP contribution is 2.30. The maximum atomic E-state index is 5.96. The van der Waals surface area contributed by atoms with Gasteiger partial charge in [0.05, 0.1) is 0 Å². The van der Waals surface area contributed by atoms with E-state index in [1.54, 1.807) is 0 Å². The van der Waals surface area contributed by atoms with Gasteiger partial charge in [-0.2, -0.15) is 0 Å². The summed E-state index contributed by atoms with van der Waals surface area (Å²) in [4.78, 5) is 0. The first kappa shape index (κ1) is 12.0. The van der Waals surface area contributed by atoms with Crippen LogP contribution in [0.1, 0.15) is 38.2 Å². The zero-order valence-electron chi connectivity index (χ0n) is 11.2. The van der Waals surface area contributed by atoms with Gasteiger partial charge in [-0.25, -0.2) is 0 Å². The lowest BCUT2D eigenvalue weighted by molar-refractivity contribution is 0.221. The van der Waals surface area contributed by atoms with Crippen LogP contribution in [0, 0.1) is 5.92 Å². The molecule has 1 aromatic carbocycles. The third-order valence-electron chi connectivity index (χ3n) is 4.47. The van der Waals surface area contributed by atoms with Crippen LogP contribution in [0.25, 0.3) is 0 Å². The lowest BCUT2D eigenvalue weighted by atomic mass is 10.1. The molecule has 3 rings (SSSR count). The summed E-state index contributed by atoms with van der Waals surface area (Å²) in [5.41, 5.74) is 1.36. The van der Waals surface area contributed by atoms with Crippen LogP contribution in [0.3, 0.4) is 0 Å². The van der Waals surface area contributed by atoms with Crippen molar-refractivity contribution in [3.05, 3.63) is 29.8 Å². The number of ether oxygens (including phenoxy) is 1. The lowest BCUT2D eigenvalue weighted by Crippen LogP contribution is -2.36. The highest BCUT2D eigenvalue weighted by molar-refractivity contribution is 5.37. The SMILES string of the molecule is CCC1CCC(NCC2Cc3ccccc3O2)C1. The molecule has 1 aromatic rings. The maximum absolute atomic E-state index is 5.96. The second-order valence-corrected chi connectivity index (χ2v) is 5.74. The summed E-state index contributed by atoms with van der Waals surface area (Å²) < 4.78 is 5.96. The Labute approximate surface area is 110 Å². The van der Waals surface area contributed by atoms with Gasteiger partial charge in [0.15, 0.2) is 0 Å². The molecule has 2 heteroatoms. The molecule has 2 aliphatic rings. The Morgan fingerprint density at radius 3 is 2.94 bits per heavy atom. The van der Waals surface area contributed by atoms with Crippen LogP contribution in [0.2, 0.25) is 0 Å². The van der Waals surface area contributed by atoms with Gasteiger partial charge < -0.3 is 10.1 Å². The Balaban J connectivity index is 1.46. The molecule has 1 aliphatic carbocycles. The molecular formula is C16H23NO. The van der Waals surface area contributed by atoms with Gasteiger partial charge in [-0.05, 0) is 36.8 Å². The summed E-state index contributed by atoms with van der Waals surface area (Å²) >= 11 is 0. The van der Waals surface area contributed by atoms with E-state index < -0.39 is 0 Å². The standard InChI is InChI=1S/C16H23NO/c1-2-12-7-8-14(9-12)17-11-15-10-13-5-3-4-6-16(13)18-15/h3-6,12,14-15,17H,2,7-11H2,1H3. The first-order valence-corrected chi connectivity index (χ1v) is 7.33. The van der Waals surface area contributed by atoms with Crippen molar-refractivity contribution in [3.63, 3.8) is 0 Å². The van der Waals surface area contributed by atoms with Gasteiger partial charge in [0, 0.05) is 19.0 Å². The quantitative estimate of drug-likeness (QED) is 0.880. The Morgan fingerprint density at radius 1 is 1.28 bits per heavy atom. The Morgan fingerprint density at radius 2 is 2.17 bits per heavy atom. The third kappa shape index (κ3) is 2.54. The summed E-state index contributed by atoms with van der Waals surface area (Å²) in [5, 5.41) is 3.70. The number of fused-ring (bicyclic) bond motifs is 1. The minimum Gasteiger partial charge on any atom is -0.488 e. The summed E-state index contributed by atoms with van der Waals surface area (Å²) in [5.74, 6) is 2.03. The van der Waals surface area contributed by atoms with Crippen LogP contribution < -0.4 is 10.1 Å². The largest absolute Gasteiger partial charge is 0.488 e. The van der Waals surface area contributed by atoms with Crippen LogP contribution in [-0.4, -0.2) is 18.7 Å². The maximum Gasteiger partial charge on any atom is 0.123 e. The molecule has 0 radical (unpaired) electrons. The van der Waals surface area contributed by atoms with Gasteiger partial charge in [-0.15, -0.1) is 0 Å². The van der Waals surface area contributed by atoms with E-state index in [0.717, 1.165) is 30.7 Å². The van der Waals surface area contributed by atoms with E-state index in [-0.39, 0.29) is 0 Å². The molecule has 0 spiro atoms. The molecule has 0 aromatic heterocycles. The first-order chi connectivity index (χ1) is 8.85. The van der Waals surface area contributed by atoms with Crippen molar-refractivity contribution in [2.75, 3.05) is 6.54 Å². The fourth-order valence-corrected chi connectivity index (χ4v) is 3.30. The fraction of sp³-hybridized carbons (Fsp3) is 0.625. The van der Waals surface area contributed by atoms with Crippen molar-refractivity contribution in [1.29, 1.82) is 0 Å². The Hall–Kier alpha value is -1.02. The zero-order valence-corrected chi connectivity index (χ0v) is 11.2. The molecule has 1 aliphatic heterocycles. The number of hydrogen-bond donors (Lipinski definition) is 1. The molecule has 1 fully saturated rings. The van der Waals surface area contributed by atoms with Gasteiger partial charge in [0.2, 0.25) is 0 Å². The van der Waals surface area contributed by atoms with Crippen molar-refractivity contribution in [1.82, 2.24) is 5.32 Å². The lowest BCUT2D eigenvalue weighted by Gasteiger charge is -2.16. The van der Waals surface area contributed by atoms with Crippen molar-refractivity contribution in [2.24, 2.45) is 5.92 Å². The van der Waals surface area contributed by atoms with Crippen molar-refractivity contribution >= 4 is 0 Å². The molecule has 18 heavy (non-hydrogen) atoms. The van der Waals surface area contributed by atoms with E-state index in [0.29, 0.717) is 6.10 Å². The molecule has 1 saturated carbocycles. The second-order valence-electron chi connectivity index (χ2n) is 5.74. The summed E-state index contributed by atoms with van der Waals surface area (Å²) in [6.07, 6.45) is 6.84. The molecule has 98 valence electrons. The highest BCUT2D eigenvalue weighted by atomic mass is 16.5. The smallest absolute Gasteiger partial charge is 0.123 e. The second kappa shape index (κ2) is 5.31. The molecule has 1 N–H and O–H groups in total. The zero-order chi connectivity index (χ0) is 12.4. The number of nitrogens with one attached hydrogen (secondary N) is 1. The van der Waals surface area contributed by atoms with Gasteiger partial charge in [-0.1, -0.05) is 31.5 Å². The third-order valence-corrected chi connectivity index (χ3v) is 4.47. The van der Waals surface area contributed by atoms with E-state index in [9.17, 15) is 0 Å². The Kier molecular flexibility index (Phi) is 3.55. The van der Waals surface area contributed by atoms with Crippen LogP contribution in [0.4, 0.5) is 0 Å². The normalized spacial score (nSPS) is 30.2. The van der Waals surface area contributed by atoms with Crippen molar-refractivity contribution in [2.45, 2.75) is 51.2 Å². The van der Waals surface area contributed by atoms with Crippen LogP contribution in [0.15, 0.2) is 24.3 Å². The molecular weight excluding hydrogens is 222 g/mol. The van der Waals surface area contributed by atoms with Gasteiger partial charge in [-0.3, -0.25) is 0 Å². The van der Waals surface area contributed by atoms with Crippen LogP contribution in [0.5, 0.6) is 5.75 Å². The van der Waals surface area contributed by atoms with Crippen LogP contribution in [-0.2, 0) is 6.42 Å². The first-order valence-electron chi connectivity index (χ1n) is 7.33. The average Bonchev–Trinajstić information content (AvgIpc) is 3.02. The minimum absolute atomic E-state index is 0.336. The van der Waals surface area contributed by atoms with E-state index in [1.807, 2.05) is 0 Å². The number of benzene rings is 1. The fourth-order valence-electron chi connectivity index (χ4n) is 3.30. The molecule has 1 heterocycles. The number of rotatable bonds is 4. The summed E-state index contributed by atoms with van der Waals surface area (Å²) in [6.45, 7) is 3.31. The minimum atomic E-state index is 0.336. The van der Waals surface area contributed by atoms with Crippen molar-refractivity contribution < 1.29 is 4.74 Å². The van der Waals surface area contributed by atoms with E-state index in [2.05, 4.69) is 36.5 Å². The molecule has 0 amide bonds. The van der Waals surface area contributed by atoms with E-state index >= 15 is 0 Å². The molecule has 0 saturated heterocycles. The van der Waals surface area contributed by atoms with Gasteiger partial charge >= 0.3 is 0 Å². The van der Waals surface area contributed by atoms with Crippen LogP contribution >= 0.6 is 0 Å². The van der Waals surface area contributed by atoms with Crippen molar-refractivity contribution in [3.8, 4) is 5.75 Å². The molecule has 3 unspecified atom stereocenters. The highest BCUT2D eigenvalue weighted by Gasteiger charge is 2.26. The van der Waals surface area contributed by atoms with Gasteiger partial charge in [0.1, 0.15) is 11.9 Å². The predicted octanol–water partition coefficient (Wildman–Crippen LogP) is 3.16.